The van der Waals surface area contributed by atoms with E-state index in [0.29, 0.717) is 12.1 Å². The number of carbonyl (C=O) groups is 1. The van der Waals surface area contributed by atoms with E-state index in [-0.39, 0.29) is 0 Å². The first-order valence-electron chi connectivity index (χ1n) is 5.04. The van der Waals surface area contributed by atoms with Gasteiger partial charge in [-0.05, 0) is 6.92 Å². The topological polar surface area (TPSA) is 55.1 Å². The molecule has 17 heavy (non-hydrogen) atoms. The van der Waals surface area contributed by atoms with Gasteiger partial charge in [-0.1, -0.05) is 6.92 Å². The lowest BCUT2D eigenvalue weighted by molar-refractivity contribution is -0.119. The van der Waals surface area contributed by atoms with Crippen LogP contribution in [0.5, 0.6) is 0 Å². The van der Waals surface area contributed by atoms with Gasteiger partial charge in [-0.3, -0.25) is 4.79 Å². The molecule has 0 aliphatic rings. The molecule has 3 nitrogen and oxygen atoms in total. The number of hydrogen-bond acceptors (Lipinski definition) is 2. The number of benzene rings is 1. The molecule has 2 atom stereocenters. The van der Waals surface area contributed by atoms with Gasteiger partial charge in [0.1, 0.15) is 5.82 Å². The first-order valence-corrected chi connectivity index (χ1v) is 5.04. The van der Waals surface area contributed by atoms with E-state index in [1.54, 1.807) is 6.92 Å². The van der Waals surface area contributed by atoms with Gasteiger partial charge in [0.15, 0.2) is 11.6 Å². The average molecular weight is 246 g/mol. The molecule has 3 N–H and O–H groups in total. The van der Waals surface area contributed by atoms with E-state index < -0.39 is 41.0 Å². The van der Waals surface area contributed by atoms with E-state index in [4.69, 9.17) is 5.73 Å². The number of nitrogens with two attached hydrogens (primary N) is 1. The largest absolute Gasteiger partial charge is 0.327 e. The lowest BCUT2D eigenvalue weighted by Crippen LogP contribution is -2.34. The molecule has 0 aliphatic carbocycles. The maximum absolute atomic E-state index is 13.2. The van der Waals surface area contributed by atoms with Gasteiger partial charge in [-0.15, -0.1) is 0 Å². The van der Waals surface area contributed by atoms with Crippen LogP contribution in [0.15, 0.2) is 12.1 Å². The highest BCUT2D eigenvalue weighted by Gasteiger charge is 2.20. The van der Waals surface area contributed by atoms with Crippen LogP contribution < -0.4 is 11.1 Å². The van der Waals surface area contributed by atoms with Crippen molar-refractivity contribution < 1.29 is 18.0 Å². The summed E-state index contributed by atoms with van der Waals surface area (Å²) in [5.41, 5.74) is 4.96. The van der Waals surface area contributed by atoms with E-state index in [1.807, 2.05) is 0 Å². The number of anilines is 1. The standard InChI is InChI=1S/C11H13F3N2O/c1-5(6(2)15)11(17)16-9-4-7(12)3-8(13)10(9)14/h3-6H,15H2,1-2H3,(H,16,17). The third-order valence-electron chi connectivity index (χ3n) is 2.45. The van der Waals surface area contributed by atoms with Crippen molar-refractivity contribution >= 4 is 11.6 Å². The lowest BCUT2D eigenvalue weighted by atomic mass is 10.0. The van der Waals surface area contributed by atoms with E-state index in [9.17, 15) is 18.0 Å². The number of nitrogens with one attached hydrogen (secondary N) is 1. The zero-order valence-electron chi connectivity index (χ0n) is 9.43. The molecule has 1 rings (SSSR count). The Labute approximate surface area is 96.8 Å². The summed E-state index contributed by atoms with van der Waals surface area (Å²) < 4.78 is 38.9. The van der Waals surface area contributed by atoms with Crippen LogP contribution in [0.4, 0.5) is 18.9 Å². The summed E-state index contributed by atoms with van der Waals surface area (Å²) in [6.07, 6.45) is 0. The van der Waals surface area contributed by atoms with Crippen molar-refractivity contribution in [2.75, 3.05) is 5.32 Å². The molecule has 0 saturated carbocycles. The summed E-state index contributed by atoms with van der Waals surface area (Å²) in [6.45, 7) is 3.14. The second-order valence-corrected chi connectivity index (χ2v) is 3.89. The quantitative estimate of drug-likeness (QED) is 0.802. The van der Waals surface area contributed by atoms with Crippen LogP contribution in [-0.2, 0) is 4.79 Å². The third-order valence-corrected chi connectivity index (χ3v) is 2.45. The Morgan fingerprint density at radius 2 is 1.88 bits per heavy atom. The van der Waals surface area contributed by atoms with E-state index in [2.05, 4.69) is 5.32 Å². The summed E-state index contributed by atoms with van der Waals surface area (Å²) in [5, 5.41) is 2.10. The predicted molar refractivity (Wildman–Crippen MR) is 57.8 cm³/mol. The van der Waals surface area contributed by atoms with Gasteiger partial charge in [-0.25, -0.2) is 13.2 Å². The SMILES string of the molecule is CC(N)C(C)C(=O)Nc1cc(F)cc(F)c1F. The number of rotatable bonds is 3. The van der Waals surface area contributed by atoms with Gasteiger partial charge in [0.25, 0.3) is 0 Å². The number of hydrogen-bond donors (Lipinski definition) is 2. The highest BCUT2D eigenvalue weighted by atomic mass is 19.2. The molecule has 0 heterocycles. The van der Waals surface area contributed by atoms with Crippen LogP contribution in [0.1, 0.15) is 13.8 Å². The van der Waals surface area contributed by atoms with Gasteiger partial charge in [0.2, 0.25) is 5.91 Å². The molecular weight excluding hydrogens is 233 g/mol. The van der Waals surface area contributed by atoms with Crippen LogP contribution >= 0.6 is 0 Å². The smallest absolute Gasteiger partial charge is 0.228 e. The molecule has 0 aliphatic heterocycles. The molecule has 94 valence electrons. The van der Waals surface area contributed by atoms with Gasteiger partial charge in [0.05, 0.1) is 11.6 Å². The Kier molecular flexibility index (Phi) is 4.11. The zero-order valence-corrected chi connectivity index (χ0v) is 9.43. The lowest BCUT2D eigenvalue weighted by Gasteiger charge is -2.15. The molecule has 0 aromatic heterocycles. The Balaban J connectivity index is 2.92. The van der Waals surface area contributed by atoms with E-state index in [0.717, 1.165) is 0 Å². The molecule has 0 spiro atoms. The molecule has 0 fully saturated rings. The Morgan fingerprint density at radius 1 is 1.29 bits per heavy atom. The molecule has 6 heteroatoms. The average Bonchev–Trinajstić information content (AvgIpc) is 2.23. The van der Waals surface area contributed by atoms with Crippen LogP contribution in [0.3, 0.4) is 0 Å². The maximum atomic E-state index is 13.2. The molecule has 1 aromatic rings. The van der Waals surface area contributed by atoms with Crippen molar-refractivity contribution in [2.45, 2.75) is 19.9 Å². The molecule has 0 radical (unpaired) electrons. The van der Waals surface area contributed by atoms with Crippen molar-refractivity contribution in [1.29, 1.82) is 0 Å². The Bertz CT molecular complexity index is 435. The van der Waals surface area contributed by atoms with Crippen LogP contribution in [0.2, 0.25) is 0 Å². The minimum Gasteiger partial charge on any atom is -0.327 e. The van der Waals surface area contributed by atoms with Gasteiger partial charge in [-0.2, -0.15) is 0 Å². The predicted octanol–water partition coefficient (Wildman–Crippen LogP) is 2.03. The van der Waals surface area contributed by atoms with E-state index >= 15 is 0 Å². The van der Waals surface area contributed by atoms with Gasteiger partial charge < -0.3 is 11.1 Å². The van der Waals surface area contributed by atoms with Crippen molar-refractivity contribution in [2.24, 2.45) is 11.7 Å². The number of carbonyl (C=O) groups excluding carboxylic acids is 1. The second kappa shape index (κ2) is 5.18. The molecular formula is C11H13F3N2O. The molecule has 1 aromatic carbocycles. The third kappa shape index (κ3) is 3.20. The Hall–Kier alpha value is -1.56. The molecule has 2 unspecified atom stereocenters. The van der Waals surface area contributed by atoms with Gasteiger partial charge in [0, 0.05) is 18.2 Å². The summed E-state index contributed by atoms with van der Waals surface area (Å²) in [6, 6.07) is 0.668. The van der Waals surface area contributed by atoms with E-state index in [1.165, 1.54) is 6.92 Å². The fraction of sp³-hybridized carbons (Fsp3) is 0.364. The van der Waals surface area contributed by atoms with Gasteiger partial charge >= 0.3 is 0 Å². The minimum absolute atomic E-state index is 0.403. The monoisotopic (exact) mass is 246 g/mol. The zero-order chi connectivity index (χ0) is 13.2. The maximum Gasteiger partial charge on any atom is 0.228 e. The van der Waals surface area contributed by atoms with Crippen molar-refractivity contribution in [3.63, 3.8) is 0 Å². The molecule has 0 saturated heterocycles. The second-order valence-electron chi connectivity index (χ2n) is 3.89. The highest BCUT2D eigenvalue weighted by molar-refractivity contribution is 5.92. The summed E-state index contributed by atoms with van der Waals surface area (Å²) in [5.74, 6) is -4.80. The fourth-order valence-corrected chi connectivity index (χ4v) is 1.13. The first-order chi connectivity index (χ1) is 7.82. The summed E-state index contributed by atoms with van der Waals surface area (Å²) >= 11 is 0. The minimum atomic E-state index is -1.35. The van der Waals surface area contributed by atoms with Crippen LogP contribution in [-0.4, -0.2) is 11.9 Å². The first kappa shape index (κ1) is 13.5. The van der Waals surface area contributed by atoms with Crippen molar-refractivity contribution in [1.82, 2.24) is 0 Å². The number of amides is 1. The van der Waals surface area contributed by atoms with Crippen LogP contribution in [0, 0.1) is 23.4 Å². The number of halogens is 3. The van der Waals surface area contributed by atoms with Crippen molar-refractivity contribution in [3.8, 4) is 0 Å². The fourth-order valence-electron chi connectivity index (χ4n) is 1.13. The molecule has 0 bridgehead atoms. The van der Waals surface area contributed by atoms with Crippen LogP contribution in [0.25, 0.3) is 0 Å². The normalized spacial score (nSPS) is 14.2. The van der Waals surface area contributed by atoms with Crippen molar-refractivity contribution in [3.05, 3.63) is 29.6 Å². The molecule has 1 amide bonds. The highest BCUT2D eigenvalue weighted by Crippen LogP contribution is 2.20. The summed E-state index contributed by atoms with van der Waals surface area (Å²) in [4.78, 5) is 11.5. The Morgan fingerprint density at radius 3 is 2.41 bits per heavy atom. The summed E-state index contributed by atoms with van der Waals surface area (Å²) in [7, 11) is 0.